The zero-order valence-electron chi connectivity index (χ0n) is 11.8. The molecule has 2 unspecified atom stereocenters. The summed E-state index contributed by atoms with van der Waals surface area (Å²) in [4.78, 5) is 2.52. The van der Waals surface area contributed by atoms with Crippen LogP contribution in [0.15, 0.2) is 6.33 Å². The van der Waals surface area contributed by atoms with Crippen LogP contribution in [-0.4, -0.2) is 55.5 Å². The number of aliphatic hydroxyl groups excluding tert-OH is 1. The number of nitrogens with one attached hydrogen (secondary N) is 1. The Bertz CT molecular complexity index is 486. The van der Waals surface area contributed by atoms with Crippen molar-refractivity contribution in [2.24, 2.45) is 0 Å². The third kappa shape index (κ3) is 2.25. The van der Waals surface area contributed by atoms with E-state index in [1.165, 1.54) is 19.3 Å². The summed E-state index contributed by atoms with van der Waals surface area (Å²) in [5.41, 5.74) is -0.0308. The van der Waals surface area contributed by atoms with Gasteiger partial charge in [0, 0.05) is 30.7 Å². The first kappa shape index (κ1) is 12.7. The quantitative estimate of drug-likeness (QED) is 0.819. The lowest BCUT2D eigenvalue weighted by molar-refractivity contribution is 0.124. The van der Waals surface area contributed by atoms with E-state index in [-0.39, 0.29) is 12.1 Å². The number of aliphatic hydroxyl groups is 1. The molecule has 0 amide bonds. The second kappa shape index (κ2) is 4.79. The molecule has 110 valence electrons. The smallest absolute Gasteiger partial charge is 0.147 e. The number of rotatable bonds is 4. The van der Waals surface area contributed by atoms with Crippen molar-refractivity contribution in [3.63, 3.8) is 0 Å². The summed E-state index contributed by atoms with van der Waals surface area (Å²) in [7, 11) is 0. The highest BCUT2D eigenvalue weighted by atomic mass is 16.3. The Kier molecular flexibility index (Phi) is 3.05. The molecule has 0 spiro atoms. The van der Waals surface area contributed by atoms with Crippen molar-refractivity contribution in [3.8, 4) is 0 Å². The first-order valence-electron chi connectivity index (χ1n) is 7.77. The Balaban J connectivity index is 1.43. The highest BCUT2D eigenvalue weighted by molar-refractivity contribution is 5.04. The molecule has 1 aromatic rings. The lowest BCUT2D eigenvalue weighted by Crippen LogP contribution is -2.49. The van der Waals surface area contributed by atoms with Crippen LogP contribution >= 0.6 is 0 Å². The summed E-state index contributed by atoms with van der Waals surface area (Å²) in [6.45, 7) is 3.22. The highest BCUT2D eigenvalue weighted by Gasteiger charge is 2.44. The SMILES string of the molecule is OCC1(NC2CC2)CCC(N2CCn3cnnc3C2)C1. The zero-order valence-corrected chi connectivity index (χ0v) is 11.8. The van der Waals surface area contributed by atoms with Crippen LogP contribution in [0, 0.1) is 0 Å². The van der Waals surface area contributed by atoms with E-state index in [0.717, 1.165) is 38.3 Å². The first-order chi connectivity index (χ1) is 9.78. The van der Waals surface area contributed by atoms with Gasteiger partial charge >= 0.3 is 0 Å². The maximum absolute atomic E-state index is 9.83. The molecule has 4 rings (SSSR count). The van der Waals surface area contributed by atoms with Crippen LogP contribution in [-0.2, 0) is 13.1 Å². The summed E-state index contributed by atoms with van der Waals surface area (Å²) in [5.74, 6) is 1.08. The minimum Gasteiger partial charge on any atom is -0.394 e. The highest BCUT2D eigenvalue weighted by Crippen LogP contribution is 2.36. The van der Waals surface area contributed by atoms with Crippen molar-refractivity contribution in [1.82, 2.24) is 25.0 Å². The molecule has 6 heteroatoms. The van der Waals surface area contributed by atoms with Gasteiger partial charge in [-0.25, -0.2) is 0 Å². The maximum atomic E-state index is 9.83. The fraction of sp³-hybridized carbons (Fsp3) is 0.857. The predicted molar refractivity (Wildman–Crippen MR) is 74.0 cm³/mol. The predicted octanol–water partition coefficient (Wildman–Crippen LogP) is 0.129. The van der Waals surface area contributed by atoms with Crippen LogP contribution in [0.5, 0.6) is 0 Å². The normalized spacial score (nSPS) is 34.4. The number of fused-ring (bicyclic) bond motifs is 1. The molecular weight excluding hydrogens is 254 g/mol. The molecule has 6 nitrogen and oxygen atoms in total. The maximum Gasteiger partial charge on any atom is 0.147 e. The minimum absolute atomic E-state index is 0.0308. The molecule has 0 radical (unpaired) electrons. The lowest BCUT2D eigenvalue weighted by atomic mass is 9.98. The average Bonchev–Trinajstić information content (AvgIpc) is 3.01. The summed E-state index contributed by atoms with van der Waals surface area (Å²) in [6, 6.07) is 1.23. The molecule has 0 bridgehead atoms. The molecule has 2 aliphatic carbocycles. The second-order valence-corrected chi connectivity index (χ2v) is 6.66. The Labute approximate surface area is 119 Å². The molecule has 2 N–H and O–H groups in total. The van der Waals surface area contributed by atoms with Gasteiger partial charge < -0.3 is 15.0 Å². The van der Waals surface area contributed by atoms with Crippen LogP contribution in [0.4, 0.5) is 0 Å². The molecule has 2 heterocycles. The molecule has 1 aromatic heterocycles. The largest absolute Gasteiger partial charge is 0.394 e. The molecular formula is C14H23N5O. The monoisotopic (exact) mass is 277 g/mol. The van der Waals surface area contributed by atoms with Gasteiger partial charge in [0.15, 0.2) is 0 Å². The molecule has 2 atom stereocenters. The standard InChI is InChI=1S/C14H23N5O/c20-9-14(16-11-1-2-11)4-3-12(7-14)18-5-6-19-10-15-17-13(19)8-18/h10-12,16,20H,1-9H2. The Morgan fingerprint density at radius 1 is 1.35 bits per heavy atom. The van der Waals surface area contributed by atoms with Gasteiger partial charge in [-0.05, 0) is 32.1 Å². The molecule has 2 fully saturated rings. The van der Waals surface area contributed by atoms with Gasteiger partial charge in [-0.15, -0.1) is 10.2 Å². The first-order valence-corrected chi connectivity index (χ1v) is 7.77. The van der Waals surface area contributed by atoms with Gasteiger partial charge in [0.05, 0.1) is 13.2 Å². The van der Waals surface area contributed by atoms with Crippen LogP contribution in [0.1, 0.15) is 37.9 Å². The van der Waals surface area contributed by atoms with Gasteiger partial charge in [0.25, 0.3) is 0 Å². The lowest BCUT2D eigenvalue weighted by Gasteiger charge is -2.34. The van der Waals surface area contributed by atoms with Crippen molar-refractivity contribution in [2.75, 3.05) is 13.2 Å². The third-order valence-corrected chi connectivity index (χ3v) is 5.16. The van der Waals surface area contributed by atoms with E-state index in [4.69, 9.17) is 0 Å². The summed E-state index contributed by atoms with van der Waals surface area (Å²) in [5, 5.41) is 21.7. The van der Waals surface area contributed by atoms with E-state index < -0.39 is 0 Å². The molecule has 1 aliphatic heterocycles. The van der Waals surface area contributed by atoms with Gasteiger partial charge in [0.2, 0.25) is 0 Å². The number of hydrogen-bond acceptors (Lipinski definition) is 5. The average molecular weight is 277 g/mol. The van der Waals surface area contributed by atoms with E-state index in [2.05, 4.69) is 25.0 Å². The van der Waals surface area contributed by atoms with Gasteiger partial charge in [0.1, 0.15) is 12.2 Å². The van der Waals surface area contributed by atoms with Gasteiger partial charge in [-0.2, -0.15) is 0 Å². The fourth-order valence-electron chi connectivity index (χ4n) is 3.79. The molecule has 2 saturated carbocycles. The number of aromatic nitrogens is 3. The van der Waals surface area contributed by atoms with E-state index in [1.54, 1.807) is 0 Å². The van der Waals surface area contributed by atoms with Crippen LogP contribution in [0.25, 0.3) is 0 Å². The van der Waals surface area contributed by atoms with Gasteiger partial charge in [-0.1, -0.05) is 0 Å². The summed E-state index contributed by atoms with van der Waals surface area (Å²) >= 11 is 0. The van der Waals surface area contributed by atoms with Crippen molar-refractivity contribution < 1.29 is 5.11 Å². The molecule has 0 saturated heterocycles. The molecule has 3 aliphatic rings. The molecule has 20 heavy (non-hydrogen) atoms. The third-order valence-electron chi connectivity index (χ3n) is 5.16. The van der Waals surface area contributed by atoms with Crippen molar-refractivity contribution in [3.05, 3.63) is 12.2 Å². The Morgan fingerprint density at radius 2 is 2.25 bits per heavy atom. The Hall–Kier alpha value is -0.980. The number of hydrogen-bond donors (Lipinski definition) is 2. The van der Waals surface area contributed by atoms with Crippen LogP contribution < -0.4 is 5.32 Å². The van der Waals surface area contributed by atoms with Crippen molar-refractivity contribution >= 4 is 0 Å². The minimum atomic E-state index is -0.0308. The second-order valence-electron chi connectivity index (χ2n) is 6.66. The summed E-state index contributed by atoms with van der Waals surface area (Å²) < 4.78 is 2.15. The van der Waals surface area contributed by atoms with Crippen molar-refractivity contribution in [2.45, 2.75) is 62.8 Å². The van der Waals surface area contributed by atoms with E-state index >= 15 is 0 Å². The van der Waals surface area contributed by atoms with Crippen molar-refractivity contribution in [1.29, 1.82) is 0 Å². The van der Waals surface area contributed by atoms with Gasteiger partial charge in [-0.3, -0.25) is 4.90 Å². The number of nitrogens with zero attached hydrogens (tertiary/aromatic N) is 4. The topological polar surface area (TPSA) is 66.2 Å². The zero-order chi connectivity index (χ0) is 13.6. The molecule has 0 aromatic carbocycles. The van der Waals surface area contributed by atoms with E-state index in [9.17, 15) is 5.11 Å². The van der Waals surface area contributed by atoms with E-state index in [0.29, 0.717) is 12.1 Å². The van der Waals surface area contributed by atoms with Crippen LogP contribution in [0.2, 0.25) is 0 Å². The summed E-state index contributed by atoms with van der Waals surface area (Å²) in [6.07, 6.45) is 7.71. The van der Waals surface area contributed by atoms with E-state index in [1.807, 2.05) is 6.33 Å². The van der Waals surface area contributed by atoms with Crippen LogP contribution in [0.3, 0.4) is 0 Å². The fourth-order valence-corrected chi connectivity index (χ4v) is 3.79. The Morgan fingerprint density at radius 3 is 3.05 bits per heavy atom.